The molecule has 0 fully saturated rings. The lowest BCUT2D eigenvalue weighted by molar-refractivity contribution is -0.114. The number of hydrogen-bond acceptors (Lipinski definition) is 3. The number of ether oxygens (including phenoxy) is 1. The molecule has 1 amide bonds. The van der Waals surface area contributed by atoms with Crippen LogP contribution >= 0.6 is 45.2 Å². The summed E-state index contributed by atoms with van der Waals surface area (Å²) >= 11 is 4.50. The second-order valence-electron chi connectivity index (χ2n) is 5.21. The molecule has 0 saturated heterocycles. The number of rotatable bonds is 3. The average Bonchev–Trinajstić information content (AvgIpc) is 2.83. The molecule has 0 atom stereocenters. The molecule has 1 heterocycles. The van der Waals surface area contributed by atoms with Gasteiger partial charge in [0.15, 0.2) is 0 Å². The molecule has 2 aromatic rings. The SMILES string of the molecule is COc1c(I)cc(I)cc1/C=C1\C(=O)N(c2ccccc2)N=C1C. The average molecular weight is 544 g/mol. The van der Waals surface area contributed by atoms with Crippen LogP contribution in [0.4, 0.5) is 5.69 Å². The summed E-state index contributed by atoms with van der Waals surface area (Å²) in [6.45, 7) is 1.85. The zero-order valence-corrected chi connectivity index (χ0v) is 17.4. The Morgan fingerprint density at radius 2 is 1.88 bits per heavy atom. The number of anilines is 1. The molecular formula is C18H14I2N2O2. The zero-order chi connectivity index (χ0) is 17.3. The normalized spacial score (nSPS) is 15.8. The molecule has 0 unspecified atom stereocenters. The number of halogens is 2. The lowest BCUT2D eigenvalue weighted by Gasteiger charge is -2.12. The van der Waals surface area contributed by atoms with E-state index in [1.54, 1.807) is 7.11 Å². The Balaban J connectivity index is 2.04. The van der Waals surface area contributed by atoms with E-state index >= 15 is 0 Å². The lowest BCUT2D eigenvalue weighted by Crippen LogP contribution is -2.21. The number of carbonyl (C=O) groups excluding carboxylic acids is 1. The second kappa shape index (κ2) is 7.22. The maximum Gasteiger partial charge on any atom is 0.280 e. The lowest BCUT2D eigenvalue weighted by atomic mass is 10.1. The van der Waals surface area contributed by atoms with Crippen molar-refractivity contribution in [3.05, 3.63) is 60.7 Å². The smallest absolute Gasteiger partial charge is 0.280 e. The van der Waals surface area contributed by atoms with E-state index in [1.165, 1.54) is 5.01 Å². The summed E-state index contributed by atoms with van der Waals surface area (Å²) in [5.74, 6) is 0.636. The van der Waals surface area contributed by atoms with Crippen LogP contribution in [0, 0.1) is 7.14 Å². The monoisotopic (exact) mass is 544 g/mol. The molecule has 0 aromatic heterocycles. The van der Waals surface area contributed by atoms with Crippen molar-refractivity contribution in [2.24, 2.45) is 5.10 Å². The van der Waals surface area contributed by atoms with Crippen molar-refractivity contribution >= 4 is 68.6 Å². The van der Waals surface area contributed by atoms with Gasteiger partial charge in [-0.25, -0.2) is 0 Å². The maximum absolute atomic E-state index is 12.8. The van der Waals surface area contributed by atoms with Gasteiger partial charge in [-0.05, 0) is 82.4 Å². The van der Waals surface area contributed by atoms with Crippen molar-refractivity contribution in [1.82, 2.24) is 0 Å². The van der Waals surface area contributed by atoms with E-state index in [0.29, 0.717) is 11.3 Å². The Labute approximate surface area is 167 Å². The number of carbonyl (C=O) groups is 1. The van der Waals surface area contributed by atoms with Gasteiger partial charge in [0.25, 0.3) is 5.91 Å². The van der Waals surface area contributed by atoms with E-state index in [0.717, 1.165) is 24.1 Å². The minimum absolute atomic E-state index is 0.130. The Kier molecular flexibility index (Phi) is 5.24. The van der Waals surface area contributed by atoms with Gasteiger partial charge >= 0.3 is 0 Å². The molecule has 0 spiro atoms. The van der Waals surface area contributed by atoms with Crippen LogP contribution in [0.5, 0.6) is 5.75 Å². The standard InChI is InChI=1S/C18H14I2N2O2/c1-11-15(9-12-8-13(19)10-16(20)17(12)24-2)18(23)22(21-11)14-6-4-3-5-7-14/h3-10H,1-2H3/b15-9-. The molecule has 0 saturated carbocycles. The Morgan fingerprint density at radius 1 is 1.17 bits per heavy atom. The fourth-order valence-corrected chi connectivity index (χ4v) is 4.60. The highest BCUT2D eigenvalue weighted by atomic mass is 127. The van der Waals surface area contributed by atoms with Crippen molar-refractivity contribution in [3.8, 4) is 5.75 Å². The number of hydrazone groups is 1. The molecule has 24 heavy (non-hydrogen) atoms. The molecule has 0 radical (unpaired) electrons. The van der Waals surface area contributed by atoms with Crippen LogP contribution in [0.25, 0.3) is 6.08 Å². The predicted octanol–water partition coefficient (Wildman–Crippen LogP) is 4.71. The highest BCUT2D eigenvalue weighted by Crippen LogP contribution is 2.32. The van der Waals surface area contributed by atoms with Crippen LogP contribution in [0.15, 0.2) is 53.1 Å². The van der Waals surface area contributed by atoms with Gasteiger partial charge in [-0.3, -0.25) is 4.79 Å². The van der Waals surface area contributed by atoms with Crippen molar-refractivity contribution in [2.75, 3.05) is 12.1 Å². The maximum atomic E-state index is 12.8. The fourth-order valence-electron chi connectivity index (χ4n) is 2.49. The first-order valence-corrected chi connectivity index (χ1v) is 9.37. The van der Waals surface area contributed by atoms with Gasteiger partial charge in [0.1, 0.15) is 5.75 Å². The van der Waals surface area contributed by atoms with E-state index in [4.69, 9.17) is 4.74 Å². The molecule has 0 N–H and O–H groups in total. The number of methoxy groups -OCH3 is 1. The van der Waals surface area contributed by atoms with Gasteiger partial charge in [-0.15, -0.1) is 0 Å². The Morgan fingerprint density at radius 3 is 2.54 bits per heavy atom. The van der Waals surface area contributed by atoms with Crippen LogP contribution < -0.4 is 9.75 Å². The summed E-state index contributed by atoms with van der Waals surface area (Å²) in [6, 6.07) is 13.5. The molecule has 0 aliphatic carbocycles. The van der Waals surface area contributed by atoms with Crippen molar-refractivity contribution < 1.29 is 9.53 Å². The quantitative estimate of drug-likeness (QED) is 0.415. The zero-order valence-electron chi connectivity index (χ0n) is 13.1. The van der Waals surface area contributed by atoms with Crippen molar-refractivity contribution in [3.63, 3.8) is 0 Å². The van der Waals surface area contributed by atoms with Gasteiger partial charge in [0.2, 0.25) is 0 Å². The summed E-state index contributed by atoms with van der Waals surface area (Å²) in [4.78, 5) is 12.8. The topological polar surface area (TPSA) is 41.9 Å². The van der Waals surface area contributed by atoms with Gasteiger partial charge in [-0.1, -0.05) is 18.2 Å². The van der Waals surface area contributed by atoms with Crippen LogP contribution in [0.1, 0.15) is 12.5 Å². The Hall–Kier alpha value is -1.42. The second-order valence-corrected chi connectivity index (χ2v) is 7.61. The highest BCUT2D eigenvalue weighted by Gasteiger charge is 2.29. The first-order valence-electron chi connectivity index (χ1n) is 7.21. The summed E-state index contributed by atoms with van der Waals surface area (Å²) in [5, 5.41) is 5.84. The number of nitrogens with zero attached hydrogens (tertiary/aromatic N) is 2. The summed E-state index contributed by atoms with van der Waals surface area (Å²) in [6.07, 6.45) is 1.85. The van der Waals surface area contributed by atoms with Crippen LogP contribution in [-0.4, -0.2) is 18.7 Å². The minimum Gasteiger partial charge on any atom is -0.495 e. The van der Waals surface area contributed by atoms with Crippen LogP contribution in [0.3, 0.4) is 0 Å². The largest absolute Gasteiger partial charge is 0.495 e. The van der Waals surface area contributed by atoms with Crippen molar-refractivity contribution in [2.45, 2.75) is 6.92 Å². The molecule has 1 aliphatic heterocycles. The minimum atomic E-state index is -0.130. The van der Waals surface area contributed by atoms with E-state index in [9.17, 15) is 4.79 Å². The molecule has 4 nitrogen and oxygen atoms in total. The summed E-state index contributed by atoms with van der Waals surface area (Å²) in [7, 11) is 1.64. The Bertz CT molecular complexity index is 861. The van der Waals surface area contributed by atoms with E-state index in [1.807, 2.05) is 55.5 Å². The van der Waals surface area contributed by atoms with Crippen LogP contribution in [0.2, 0.25) is 0 Å². The number of hydrogen-bond donors (Lipinski definition) is 0. The number of benzene rings is 2. The fraction of sp³-hybridized carbons (Fsp3) is 0.111. The summed E-state index contributed by atoms with van der Waals surface area (Å²) in [5.41, 5.74) is 2.91. The number of para-hydroxylation sites is 1. The molecular weight excluding hydrogens is 530 g/mol. The van der Waals surface area contributed by atoms with E-state index < -0.39 is 0 Å². The van der Waals surface area contributed by atoms with Gasteiger partial charge in [0.05, 0.1) is 27.7 Å². The van der Waals surface area contributed by atoms with Crippen LogP contribution in [-0.2, 0) is 4.79 Å². The van der Waals surface area contributed by atoms with Gasteiger partial charge in [0, 0.05) is 9.13 Å². The third-order valence-electron chi connectivity index (χ3n) is 3.60. The highest BCUT2D eigenvalue weighted by molar-refractivity contribution is 14.1. The molecule has 6 heteroatoms. The molecule has 2 aromatic carbocycles. The first-order chi connectivity index (χ1) is 11.5. The third kappa shape index (κ3) is 3.34. The van der Waals surface area contributed by atoms with E-state index in [2.05, 4.69) is 50.3 Å². The molecule has 122 valence electrons. The first kappa shape index (κ1) is 17.4. The summed E-state index contributed by atoms with van der Waals surface area (Å²) < 4.78 is 7.60. The van der Waals surface area contributed by atoms with Crippen molar-refractivity contribution in [1.29, 1.82) is 0 Å². The third-order valence-corrected chi connectivity index (χ3v) is 5.03. The molecule has 1 aliphatic rings. The van der Waals surface area contributed by atoms with Gasteiger partial charge < -0.3 is 4.74 Å². The predicted molar refractivity (Wildman–Crippen MR) is 113 cm³/mol. The molecule has 3 rings (SSSR count). The number of amides is 1. The molecule has 0 bridgehead atoms. The van der Waals surface area contributed by atoms with Gasteiger partial charge in [-0.2, -0.15) is 10.1 Å². The van der Waals surface area contributed by atoms with E-state index in [-0.39, 0.29) is 5.91 Å².